The third-order valence-corrected chi connectivity index (χ3v) is 8.85. The first-order valence-corrected chi connectivity index (χ1v) is 15.2. The van der Waals surface area contributed by atoms with Crippen LogP contribution >= 0.6 is 56.8 Å². The van der Waals surface area contributed by atoms with Gasteiger partial charge in [-0.3, -0.25) is 0 Å². The van der Waals surface area contributed by atoms with E-state index in [2.05, 4.69) is 50.4 Å². The van der Waals surface area contributed by atoms with Gasteiger partial charge in [-0.15, -0.1) is 0 Å². The second kappa shape index (κ2) is 15.0. The molecule has 2 aromatic heterocycles. The molecule has 0 bridgehead atoms. The summed E-state index contributed by atoms with van der Waals surface area (Å²) in [5.41, 5.74) is 7.60. The Morgan fingerprint density at radius 2 is 1.50 bits per heavy atom. The van der Waals surface area contributed by atoms with Crippen LogP contribution in [0.25, 0.3) is 21.8 Å². The summed E-state index contributed by atoms with van der Waals surface area (Å²) in [6, 6.07) is 8.05. The van der Waals surface area contributed by atoms with Crippen LogP contribution in [-0.4, -0.2) is 54.1 Å². The molecule has 0 unspecified atom stereocenters. The zero-order valence-corrected chi connectivity index (χ0v) is 27.8. The molecule has 2 heterocycles. The third-order valence-electron chi connectivity index (χ3n) is 6.38. The number of nitrogens with one attached hydrogen (secondary N) is 1. The van der Waals surface area contributed by atoms with E-state index in [1.165, 1.54) is 5.54 Å². The summed E-state index contributed by atoms with van der Waals surface area (Å²) in [5, 5.41) is 24.7. The first kappa shape index (κ1) is 32.9. The maximum absolute atomic E-state index is 10.8. The zero-order chi connectivity index (χ0) is 29.6. The van der Waals surface area contributed by atoms with Crippen LogP contribution < -0.4 is 10.0 Å². The van der Waals surface area contributed by atoms with Gasteiger partial charge in [0.1, 0.15) is 0 Å². The fourth-order valence-electron chi connectivity index (χ4n) is 4.76. The Bertz CT molecular complexity index is 1540. The standard InChI is InChI=1S/C14H16B2ClIN2O2.C11H13B2IN2O2/c1-10-8-12(20(16(2)22)6-3-5-17)13(18)11-4-7-19(9-15-21)14(10)11;1-7-5-9(15-13(2)18)10(14)8-3-4-16(6-12-17)11(7)8/h3-5,7-8,22H,6,9H2,1-2H3;3-5,15,18H,6H2,1-2H3. The maximum atomic E-state index is 10.8. The predicted octanol–water partition coefficient (Wildman–Crippen LogP) is 5.31. The summed E-state index contributed by atoms with van der Waals surface area (Å²) < 4.78 is 27.4. The second-order valence-corrected chi connectivity index (χ2v) is 11.8. The number of anilines is 2. The van der Waals surface area contributed by atoms with Crippen LogP contribution in [0.3, 0.4) is 0 Å². The molecule has 0 fully saturated rings. The van der Waals surface area contributed by atoms with E-state index in [1.54, 1.807) is 19.7 Å². The summed E-state index contributed by atoms with van der Waals surface area (Å²) in [6.45, 7) is 7.97. The molecule has 0 spiro atoms. The van der Waals surface area contributed by atoms with Gasteiger partial charge < -0.3 is 0 Å². The molecule has 15 heteroatoms. The Morgan fingerprint density at radius 3 is 1.98 bits per heavy atom. The molecular weight excluding hydrogens is 753 g/mol. The molecule has 0 atom stereocenters. The van der Waals surface area contributed by atoms with Gasteiger partial charge in [-0.1, -0.05) is 0 Å². The average Bonchev–Trinajstić information content (AvgIpc) is 3.51. The van der Waals surface area contributed by atoms with Crippen molar-refractivity contribution in [3.05, 3.63) is 66.5 Å². The average molecular weight is 782 g/mol. The van der Waals surface area contributed by atoms with Crippen molar-refractivity contribution in [1.29, 1.82) is 0 Å². The van der Waals surface area contributed by atoms with E-state index in [9.17, 15) is 19.5 Å². The Balaban J connectivity index is 0.000000225. The number of hydrogen-bond donors (Lipinski definition) is 3. The third kappa shape index (κ3) is 7.42. The molecule has 0 aliphatic rings. The molecule has 0 saturated heterocycles. The molecule has 40 heavy (non-hydrogen) atoms. The Hall–Kier alpha value is -1.61. The number of aromatic nitrogens is 2. The predicted molar refractivity (Wildman–Crippen MR) is 185 cm³/mol. The molecule has 0 radical (unpaired) electrons. The fourth-order valence-corrected chi connectivity index (χ4v) is 6.48. The van der Waals surface area contributed by atoms with Gasteiger partial charge in [0.2, 0.25) is 0 Å². The quantitative estimate of drug-likeness (QED) is 0.149. The molecule has 4 aromatic rings. The zero-order valence-electron chi connectivity index (χ0n) is 22.7. The second-order valence-electron chi connectivity index (χ2n) is 9.34. The SMILES string of the molecule is CB(O)N(CC=CCl)c1cc(C)c2c(ccn2CB=O)c1I.CB(O)Nc1cc(C)c2c(ccn2CB=O)c1I. The van der Waals surface area contributed by atoms with Crippen LogP contribution in [0.4, 0.5) is 11.4 Å². The summed E-state index contributed by atoms with van der Waals surface area (Å²) >= 11 is 10.2. The number of rotatable bonds is 10. The number of aryl methyl sites for hydroxylation is 2. The van der Waals surface area contributed by atoms with Crippen molar-refractivity contribution in [2.24, 2.45) is 0 Å². The Morgan fingerprint density at radius 1 is 0.975 bits per heavy atom. The van der Waals surface area contributed by atoms with E-state index < -0.39 is 14.1 Å². The first-order valence-electron chi connectivity index (χ1n) is 12.6. The van der Waals surface area contributed by atoms with Crippen molar-refractivity contribution < 1.29 is 19.5 Å². The molecule has 206 valence electrons. The van der Waals surface area contributed by atoms with Crippen LogP contribution in [-0.2, 0) is 22.3 Å². The molecule has 0 aliphatic heterocycles. The summed E-state index contributed by atoms with van der Waals surface area (Å²) in [4.78, 5) is 1.88. The van der Waals surface area contributed by atoms with Gasteiger partial charge in [-0.2, -0.15) is 0 Å². The van der Waals surface area contributed by atoms with Crippen molar-refractivity contribution in [3.8, 4) is 0 Å². The van der Waals surface area contributed by atoms with E-state index in [-0.39, 0.29) is 0 Å². The van der Waals surface area contributed by atoms with Crippen molar-refractivity contribution in [3.63, 3.8) is 0 Å². The van der Waals surface area contributed by atoms with Gasteiger partial charge in [0.05, 0.1) is 0 Å². The monoisotopic (exact) mass is 782 g/mol. The minimum atomic E-state index is -0.629. The van der Waals surface area contributed by atoms with Crippen molar-refractivity contribution in [1.82, 2.24) is 9.13 Å². The van der Waals surface area contributed by atoms with Gasteiger partial charge in [0, 0.05) is 0 Å². The number of hydrogen-bond acceptors (Lipinski definition) is 6. The van der Waals surface area contributed by atoms with Crippen molar-refractivity contribution in [2.45, 2.75) is 40.4 Å². The molecule has 0 saturated carbocycles. The van der Waals surface area contributed by atoms with E-state index >= 15 is 0 Å². The number of nitrogens with zero attached hydrogens (tertiary/aromatic N) is 3. The van der Waals surface area contributed by atoms with Crippen LogP contribution in [0, 0.1) is 21.0 Å². The molecule has 0 amide bonds. The van der Waals surface area contributed by atoms with Gasteiger partial charge in [-0.25, -0.2) is 0 Å². The van der Waals surface area contributed by atoms with E-state index in [0.717, 1.165) is 65.7 Å². The van der Waals surface area contributed by atoms with Gasteiger partial charge >= 0.3 is 270 Å². The minimum absolute atomic E-state index is 0.342. The summed E-state index contributed by atoms with van der Waals surface area (Å²) in [6.07, 6.45) is 6.34. The van der Waals surface area contributed by atoms with E-state index in [0.29, 0.717) is 19.4 Å². The van der Waals surface area contributed by atoms with Crippen LogP contribution in [0.2, 0.25) is 13.6 Å². The molecule has 2 aromatic carbocycles. The van der Waals surface area contributed by atoms with Crippen molar-refractivity contribution in [2.75, 3.05) is 16.6 Å². The van der Waals surface area contributed by atoms with Gasteiger partial charge in [-0.05, 0) is 0 Å². The number of halogens is 3. The van der Waals surface area contributed by atoms with Crippen LogP contribution in [0.15, 0.2) is 48.3 Å². The van der Waals surface area contributed by atoms with Gasteiger partial charge in [0.15, 0.2) is 0 Å². The topological polar surface area (TPSA) is 99.7 Å². The van der Waals surface area contributed by atoms with E-state index in [4.69, 9.17) is 11.6 Å². The molecule has 8 nitrogen and oxygen atoms in total. The number of fused-ring (bicyclic) bond motifs is 2. The Kier molecular flexibility index (Phi) is 12.4. The molecular formula is C25H29B4ClI2N4O4. The van der Waals surface area contributed by atoms with Crippen LogP contribution in [0.1, 0.15) is 11.1 Å². The number of benzene rings is 2. The Labute approximate surface area is 268 Å². The summed E-state index contributed by atoms with van der Waals surface area (Å²) in [5.74, 6) is 0. The first-order chi connectivity index (χ1) is 19.0. The normalized spacial score (nSPS) is 10.8. The van der Waals surface area contributed by atoms with Crippen LogP contribution in [0.5, 0.6) is 0 Å². The molecule has 0 aliphatic carbocycles. The fraction of sp³-hybridized carbons (Fsp3) is 0.280. The summed E-state index contributed by atoms with van der Waals surface area (Å²) in [7, 11) is 0.573. The van der Waals surface area contributed by atoms with Crippen molar-refractivity contribution >= 4 is 118 Å². The van der Waals surface area contributed by atoms with E-state index in [1.807, 2.05) is 64.5 Å². The molecule has 4 rings (SSSR count). The molecule has 3 N–H and O–H groups in total. The van der Waals surface area contributed by atoms with Gasteiger partial charge in [0.25, 0.3) is 0 Å².